The number of nitrogens with one attached hydrogen (secondary N) is 1. The molecular weight excluding hydrogens is 356 g/mol. The van der Waals surface area contributed by atoms with E-state index in [2.05, 4.69) is 32.8 Å². The average molecular weight is 376 g/mol. The molecule has 4 rings (SSSR count). The summed E-state index contributed by atoms with van der Waals surface area (Å²) in [5.41, 5.74) is 4.28. The van der Waals surface area contributed by atoms with Crippen molar-refractivity contribution in [2.45, 2.75) is 20.1 Å². The van der Waals surface area contributed by atoms with Crippen molar-refractivity contribution in [1.82, 2.24) is 15.0 Å². The van der Waals surface area contributed by atoms with Gasteiger partial charge < -0.3 is 10.1 Å². The van der Waals surface area contributed by atoms with Crippen LogP contribution in [-0.2, 0) is 17.9 Å². The first-order valence-electron chi connectivity index (χ1n) is 8.73. The van der Waals surface area contributed by atoms with Gasteiger partial charge in [0.05, 0.1) is 17.6 Å². The van der Waals surface area contributed by atoms with Gasteiger partial charge in [0, 0.05) is 23.7 Å². The van der Waals surface area contributed by atoms with Crippen molar-refractivity contribution in [3.05, 3.63) is 71.1 Å². The fourth-order valence-corrected chi connectivity index (χ4v) is 3.98. The summed E-state index contributed by atoms with van der Waals surface area (Å²) in [5.74, 6) is 1.49. The highest BCUT2D eigenvalue weighted by atomic mass is 32.1. The Balaban J connectivity index is 1.77. The lowest BCUT2D eigenvalue weighted by Crippen LogP contribution is -2.07. The number of aryl methyl sites for hydroxylation is 1. The normalized spacial score (nSPS) is 11.0. The minimum atomic E-state index is 0.381. The standard InChI is InChI=1S/C21H20N4OS/c1-14-7-6-10-16(23-14)11-22-20-19-17(15-8-4-3-5-9-15)13-27-21(19)25-18(24-20)12-26-2/h3-10,13H,11-12H2,1-2H3,(H,22,24,25). The van der Waals surface area contributed by atoms with E-state index in [0.29, 0.717) is 19.0 Å². The number of anilines is 1. The molecule has 4 aromatic rings. The van der Waals surface area contributed by atoms with Crippen LogP contribution >= 0.6 is 11.3 Å². The van der Waals surface area contributed by atoms with Crippen LogP contribution in [0, 0.1) is 6.92 Å². The van der Waals surface area contributed by atoms with Crippen LogP contribution in [0.5, 0.6) is 0 Å². The van der Waals surface area contributed by atoms with Gasteiger partial charge in [-0.15, -0.1) is 11.3 Å². The molecule has 0 amide bonds. The number of fused-ring (bicyclic) bond motifs is 1. The third kappa shape index (κ3) is 3.82. The summed E-state index contributed by atoms with van der Waals surface area (Å²) in [6, 6.07) is 16.4. The Morgan fingerprint density at radius 2 is 1.85 bits per heavy atom. The number of pyridine rings is 1. The monoisotopic (exact) mass is 376 g/mol. The number of rotatable bonds is 6. The lowest BCUT2D eigenvalue weighted by molar-refractivity contribution is 0.178. The molecule has 0 bridgehead atoms. The highest BCUT2D eigenvalue weighted by Crippen LogP contribution is 2.37. The summed E-state index contributed by atoms with van der Waals surface area (Å²) in [5, 5.41) is 6.64. The first kappa shape index (κ1) is 17.6. The van der Waals surface area contributed by atoms with Gasteiger partial charge in [0.1, 0.15) is 17.3 Å². The summed E-state index contributed by atoms with van der Waals surface area (Å²) in [6.45, 7) is 2.98. The number of nitrogens with zero attached hydrogens (tertiary/aromatic N) is 3. The Labute approximate surface area is 162 Å². The second-order valence-corrected chi connectivity index (χ2v) is 7.10. The maximum Gasteiger partial charge on any atom is 0.158 e. The Hall–Kier alpha value is -2.83. The van der Waals surface area contributed by atoms with Gasteiger partial charge in [0.15, 0.2) is 5.82 Å². The van der Waals surface area contributed by atoms with Gasteiger partial charge in [-0.05, 0) is 24.6 Å². The maximum absolute atomic E-state index is 5.24. The molecule has 0 fully saturated rings. The minimum absolute atomic E-state index is 0.381. The van der Waals surface area contributed by atoms with Crippen LogP contribution < -0.4 is 5.32 Å². The van der Waals surface area contributed by atoms with E-state index in [1.165, 1.54) is 0 Å². The maximum atomic E-state index is 5.24. The van der Waals surface area contributed by atoms with Crippen LogP contribution in [0.15, 0.2) is 53.9 Å². The minimum Gasteiger partial charge on any atom is -0.377 e. The number of thiophene rings is 1. The Morgan fingerprint density at radius 3 is 2.63 bits per heavy atom. The van der Waals surface area contributed by atoms with E-state index in [4.69, 9.17) is 9.72 Å². The molecule has 0 saturated carbocycles. The summed E-state index contributed by atoms with van der Waals surface area (Å²) >= 11 is 1.62. The molecule has 0 atom stereocenters. The predicted octanol–water partition coefficient (Wildman–Crippen LogP) is 4.82. The van der Waals surface area contributed by atoms with Gasteiger partial charge in [-0.3, -0.25) is 4.98 Å². The third-order valence-electron chi connectivity index (χ3n) is 4.22. The summed E-state index contributed by atoms with van der Waals surface area (Å²) < 4.78 is 5.24. The topological polar surface area (TPSA) is 59.9 Å². The van der Waals surface area contributed by atoms with Crippen molar-refractivity contribution >= 4 is 27.4 Å². The zero-order valence-electron chi connectivity index (χ0n) is 15.3. The Bertz CT molecular complexity index is 1060. The molecule has 27 heavy (non-hydrogen) atoms. The van der Waals surface area contributed by atoms with Gasteiger partial charge >= 0.3 is 0 Å². The largest absolute Gasteiger partial charge is 0.377 e. The number of methoxy groups -OCH3 is 1. The lowest BCUT2D eigenvalue weighted by Gasteiger charge is -2.11. The van der Waals surface area contributed by atoms with Crippen LogP contribution in [-0.4, -0.2) is 22.1 Å². The quantitative estimate of drug-likeness (QED) is 0.523. The third-order valence-corrected chi connectivity index (χ3v) is 5.09. The molecule has 6 heteroatoms. The van der Waals surface area contributed by atoms with Crippen molar-refractivity contribution in [2.24, 2.45) is 0 Å². The van der Waals surface area contributed by atoms with E-state index in [0.717, 1.165) is 38.5 Å². The van der Waals surface area contributed by atoms with E-state index in [1.54, 1.807) is 18.4 Å². The zero-order valence-corrected chi connectivity index (χ0v) is 16.1. The number of ether oxygens (including phenoxy) is 1. The van der Waals surface area contributed by atoms with Crippen molar-refractivity contribution in [3.63, 3.8) is 0 Å². The zero-order chi connectivity index (χ0) is 18.6. The fraction of sp³-hybridized carbons (Fsp3) is 0.190. The molecule has 0 radical (unpaired) electrons. The van der Waals surface area contributed by atoms with Crippen LogP contribution in [0.4, 0.5) is 5.82 Å². The van der Waals surface area contributed by atoms with Crippen molar-refractivity contribution in [1.29, 1.82) is 0 Å². The molecule has 0 aliphatic rings. The van der Waals surface area contributed by atoms with Gasteiger partial charge in [0.25, 0.3) is 0 Å². The molecule has 0 spiro atoms. The molecule has 3 heterocycles. The SMILES string of the molecule is COCc1nc(NCc2cccc(C)n2)c2c(-c3ccccc3)csc2n1. The predicted molar refractivity (Wildman–Crippen MR) is 110 cm³/mol. The van der Waals surface area contributed by atoms with Crippen molar-refractivity contribution in [2.75, 3.05) is 12.4 Å². The van der Waals surface area contributed by atoms with Crippen molar-refractivity contribution in [3.8, 4) is 11.1 Å². The summed E-state index contributed by atoms with van der Waals surface area (Å²) in [6.07, 6.45) is 0. The highest BCUT2D eigenvalue weighted by molar-refractivity contribution is 7.17. The second kappa shape index (κ2) is 7.82. The molecule has 3 aromatic heterocycles. The van der Waals surface area contributed by atoms with Crippen LogP contribution in [0.25, 0.3) is 21.3 Å². The highest BCUT2D eigenvalue weighted by Gasteiger charge is 2.15. The molecule has 136 valence electrons. The van der Waals surface area contributed by atoms with Crippen LogP contribution in [0.1, 0.15) is 17.2 Å². The lowest BCUT2D eigenvalue weighted by atomic mass is 10.1. The molecule has 5 nitrogen and oxygen atoms in total. The van der Waals surface area contributed by atoms with Crippen LogP contribution in [0.3, 0.4) is 0 Å². The van der Waals surface area contributed by atoms with Crippen LogP contribution in [0.2, 0.25) is 0 Å². The number of hydrogen-bond acceptors (Lipinski definition) is 6. The van der Waals surface area contributed by atoms with Gasteiger partial charge in [-0.2, -0.15) is 0 Å². The molecule has 0 unspecified atom stereocenters. The summed E-state index contributed by atoms with van der Waals surface area (Å²) in [4.78, 5) is 14.9. The molecule has 1 N–H and O–H groups in total. The van der Waals surface area contributed by atoms with E-state index in [1.807, 2.05) is 43.3 Å². The number of hydrogen-bond donors (Lipinski definition) is 1. The van der Waals surface area contributed by atoms with Crippen molar-refractivity contribution < 1.29 is 4.74 Å². The molecule has 0 aliphatic heterocycles. The molecule has 1 aromatic carbocycles. The molecule has 0 saturated heterocycles. The number of aromatic nitrogens is 3. The summed E-state index contributed by atoms with van der Waals surface area (Å²) in [7, 11) is 1.65. The second-order valence-electron chi connectivity index (χ2n) is 6.24. The van der Waals surface area contributed by atoms with E-state index in [9.17, 15) is 0 Å². The van der Waals surface area contributed by atoms with Gasteiger partial charge in [-0.25, -0.2) is 9.97 Å². The van der Waals surface area contributed by atoms with E-state index >= 15 is 0 Å². The first-order chi connectivity index (χ1) is 13.2. The fourth-order valence-electron chi connectivity index (χ4n) is 3.01. The molecule has 0 aliphatic carbocycles. The molecular formula is C21H20N4OS. The van der Waals surface area contributed by atoms with E-state index in [-0.39, 0.29) is 0 Å². The smallest absolute Gasteiger partial charge is 0.158 e. The van der Waals surface area contributed by atoms with E-state index < -0.39 is 0 Å². The number of benzene rings is 1. The Kier molecular flexibility index (Phi) is 5.09. The Morgan fingerprint density at radius 1 is 1.00 bits per heavy atom. The van der Waals surface area contributed by atoms with Gasteiger partial charge in [0.2, 0.25) is 0 Å². The first-order valence-corrected chi connectivity index (χ1v) is 9.61. The van der Waals surface area contributed by atoms with Gasteiger partial charge in [-0.1, -0.05) is 36.4 Å². The average Bonchev–Trinajstić information content (AvgIpc) is 3.11.